The summed E-state index contributed by atoms with van der Waals surface area (Å²) in [7, 11) is 1.41. The van der Waals surface area contributed by atoms with Crippen LogP contribution in [0.5, 0.6) is 23.0 Å². The number of aromatic hydroxyl groups is 1. The normalized spacial score (nSPS) is 12.4. The number of hydrogen-bond acceptors (Lipinski definition) is 6. The van der Waals surface area contributed by atoms with Gasteiger partial charge in [0, 0.05) is 5.56 Å². The molecule has 24 heavy (non-hydrogen) atoms. The van der Waals surface area contributed by atoms with Gasteiger partial charge in [-0.2, -0.15) is 5.10 Å². The maximum atomic E-state index is 12.1. The molecule has 0 atom stereocenters. The van der Waals surface area contributed by atoms with E-state index in [-0.39, 0.29) is 23.3 Å². The number of phenolic OH excluding ortho intramolecular Hbond substituents is 1. The van der Waals surface area contributed by atoms with Crippen molar-refractivity contribution in [3.05, 3.63) is 46.5 Å². The van der Waals surface area contributed by atoms with Crippen LogP contribution in [0.25, 0.3) is 0 Å². The minimum absolute atomic E-state index is 0.123. The predicted molar refractivity (Wildman–Crippen MR) is 87.3 cm³/mol. The fourth-order valence-corrected chi connectivity index (χ4v) is 2.31. The van der Waals surface area contributed by atoms with Crippen LogP contribution in [0.1, 0.15) is 15.9 Å². The lowest BCUT2D eigenvalue weighted by Crippen LogP contribution is -2.17. The highest BCUT2D eigenvalue weighted by Gasteiger charge is 2.16. The molecule has 124 valence electrons. The van der Waals surface area contributed by atoms with E-state index in [0.717, 1.165) is 0 Å². The van der Waals surface area contributed by atoms with Gasteiger partial charge in [0.2, 0.25) is 6.79 Å². The molecule has 1 aliphatic rings. The van der Waals surface area contributed by atoms with E-state index in [2.05, 4.69) is 10.5 Å². The van der Waals surface area contributed by atoms with Crippen molar-refractivity contribution in [1.82, 2.24) is 5.43 Å². The Balaban J connectivity index is 1.70. The SMILES string of the molecule is COc1cc(/C=N\NC(=O)c2ccc3c(c2)OCO3)cc(Cl)c1O. The molecule has 0 bridgehead atoms. The average molecular weight is 349 g/mol. The molecule has 0 fully saturated rings. The Morgan fingerprint density at radius 2 is 2.12 bits per heavy atom. The summed E-state index contributed by atoms with van der Waals surface area (Å²) in [6.07, 6.45) is 1.39. The number of ether oxygens (including phenoxy) is 3. The van der Waals surface area contributed by atoms with Gasteiger partial charge in [-0.05, 0) is 35.9 Å². The third-order valence-corrected chi connectivity index (χ3v) is 3.57. The molecular weight excluding hydrogens is 336 g/mol. The first kappa shape index (κ1) is 15.9. The second-order valence-corrected chi connectivity index (χ2v) is 5.23. The lowest BCUT2D eigenvalue weighted by Gasteiger charge is -2.06. The molecule has 3 rings (SSSR count). The van der Waals surface area contributed by atoms with Crippen molar-refractivity contribution >= 4 is 23.7 Å². The van der Waals surface area contributed by atoms with E-state index in [4.69, 9.17) is 25.8 Å². The van der Waals surface area contributed by atoms with E-state index in [9.17, 15) is 9.90 Å². The molecule has 0 aromatic heterocycles. The maximum absolute atomic E-state index is 12.1. The molecule has 0 spiro atoms. The lowest BCUT2D eigenvalue weighted by molar-refractivity contribution is 0.0954. The van der Waals surface area contributed by atoms with Gasteiger partial charge >= 0.3 is 0 Å². The van der Waals surface area contributed by atoms with E-state index in [1.54, 1.807) is 18.2 Å². The number of fused-ring (bicyclic) bond motifs is 1. The van der Waals surface area contributed by atoms with Crippen LogP contribution >= 0.6 is 11.6 Å². The third-order valence-electron chi connectivity index (χ3n) is 3.29. The van der Waals surface area contributed by atoms with Crippen LogP contribution in [-0.2, 0) is 0 Å². The molecule has 1 heterocycles. The maximum Gasteiger partial charge on any atom is 0.271 e. The van der Waals surface area contributed by atoms with Crippen LogP contribution in [0.3, 0.4) is 0 Å². The highest BCUT2D eigenvalue weighted by molar-refractivity contribution is 6.32. The minimum atomic E-state index is -0.401. The van der Waals surface area contributed by atoms with Crippen molar-refractivity contribution in [2.24, 2.45) is 5.10 Å². The van der Waals surface area contributed by atoms with Gasteiger partial charge in [-0.15, -0.1) is 0 Å². The van der Waals surface area contributed by atoms with E-state index in [1.165, 1.54) is 25.5 Å². The summed E-state index contributed by atoms with van der Waals surface area (Å²) < 4.78 is 15.4. The highest BCUT2D eigenvalue weighted by atomic mass is 35.5. The molecule has 2 aromatic carbocycles. The summed E-state index contributed by atoms with van der Waals surface area (Å²) in [6.45, 7) is 0.141. The predicted octanol–water partition coefficient (Wildman–Crippen LogP) is 2.55. The molecule has 7 nitrogen and oxygen atoms in total. The molecular formula is C16H13ClN2O5. The van der Waals surface area contributed by atoms with Crippen LogP contribution in [0.4, 0.5) is 0 Å². The third kappa shape index (κ3) is 3.21. The molecule has 1 amide bonds. The van der Waals surface area contributed by atoms with Crippen LogP contribution in [0.2, 0.25) is 5.02 Å². The molecule has 1 aliphatic heterocycles. The number of carbonyl (C=O) groups is 1. The Bertz CT molecular complexity index is 822. The van der Waals surface area contributed by atoms with Crippen LogP contribution in [-0.4, -0.2) is 31.1 Å². The van der Waals surface area contributed by atoms with Crippen molar-refractivity contribution in [2.45, 2.75) is 0 Å². The Morgan fingerprint density at radius 1 is 1.33 bits per heavy atom. The van der Waals surface area contributed by atoms with E-state index >= 15 is 0 Å². The quantitative estimate of drug-likeness (QED) is 0.654. The Morgan fingerprint density at radius 3 is 2.92 bits per heavy atom. The molecule has 0 unspecified atom stereocenters. The van der Waals surface area contributed by atoms with E-state index < -0.39 is 5.91 Å². The van der Waals surface area contributed by atoms with Gasteiger partial charge < -0.3 is 19.3 Å². The van der Waals surface area contributed by atoms with Gasteiger partial charge in [-0.25, -0.2) is 5.43 Å². The van der Waals surface area contributed by atoms with Crippen molar-refractivity contribution < 1.29 is 24.1 Å². The zero-order valence-corrected chi connectivity index (χ0v) is 13.3. The van der Waals surface area contributed by atoms with Crippen molar-refractivity contribution in [3.8, 4) is 23.0 Å². The average Bonchev–Trinajstić information content (AvgIpc) is 3.05. The van der Waals surface area contributed by atoms with Crippen molar-refractivity contribution in [2.75, 3.05) is 13.9 Å². The van der Waals surface area contributed by atoms with Gasteiger partial charge in [-0.1, -0.05) is 11.6 Å². The molecule has 0 radical (unpaired) electrons. The summed E-state index contributed by atoms with van der Waals surface area (Å²) in [5, 5.41) is 13.7. The number of hydrazone groups is 1. The first-order valence-corrected chi connectivity index (χ1v) is 7.26. The summed E-state index contributed by atoms with van der Waals surface area (Å²) in [6, 6.07) is 7.88. The lowest BCUT2D eigenvalue weighted by atomic mass is 10.2. The summed E-state index contributed by atoms with van der Waals surface area (Å²) >= 11 is 5.88. The number of nitrogens with zero attached hydrogens (tertiary/aromatic N) is 1. The van der Waals surface area contributed by atoms with E-state index in [1.807, 2.05) is 0 Å². The first-order valence-electron chi connectivity index (χ1n) is 6.88. The van der Waals surface area contributed by atoms with Crippen LogP contribution in [0, 0.1) is 0 Å². The van der Waals surface area contributed by atoms with Gasteiger partial charge in [0.15, 0.2) is 23.0 Å². The Kier molecular flexibility index (Phi) is 4.43. The van der Waals surface area contributed by atoms with E-state index in [0.29, 0.717) is 22.6 Å². The highest BCUT2D eigenvalue weighted by Crippen LogP contribution is 2.34. The summed E-state index contributed by atoms with van der Waals surface area (Å²) in [5.74, 6) is 0.774. The zero-order chi connectivity index (χ0) is 17.1. The minimum Gasteiger partial charge on any atom is -0.503 e. The number of halogens is 1. The van der Waals surface area contributed by atoms with Gasteiger partial charge in [0.25, 0.3) is 5.91 Å². The number of benzene rings is 2. The Labute approximate surface area is 142 Å². The number of carbonyl (C=O) groups excluding carboxylic acids is 1. The molecule has 2 aromatic rings. The smallest absolute Gasteiger partial charge is 0.271 e. The topological polar surface area (TPSA) is 89.4 Å². The van der Waals surface area contributed by atoms with Gasteiger partial charge in [0.1, 0.15) is 0 Å². The monoisotopic (exact) mass is 348 g/mol. The number of hydrogen-bond donors (Lipinski definition) is 2. The van der Waals surface area contributed by atoms with Crippen LogP contribution < -0.4 is 19.6 Å². The van der Waals surface area contributed by atoms with Crippen LogP contribution in [0.15, 0.2) is 35.4 Å². The standard InChI is InChI=1S/C16H13ClN2O5/c1-22-14-5-9(4-11(17)15(14)20)7-18-19-16(21)10-2-3-12-13(6-10)24-8-23-12/h2-7,20H,8H2,1H3,(H,19,21)/b18-7-. The second kappa shape index (κ2) is 6.67. The molecule has 8 heteroatoms. The molecule has 2 N–H and O–H groups in total. The van der Waals surface area contributed by atoms with Crippen molar-refractivity contribution in [1.29, 1.82) is 0 Å². The fourth-order valence-electron chi connectivity index (χ4n) is 2.09. The number of amides is 1. The largest absolute Gasteiger partial charge is 0.503 e. The zero-order valence-electron chi connectivity index (χ0n) is 12.6. The summed E-state index contributed by atoms with van der Waals surface area (Å²) in [5.41, 5.74) is 3.34. The Hall–Kier alpha value is -2.93. The number of phenols is 1. The number of methoxy groups -OCH3 is 1. The summed E-state index contributed by atoms with van der Waals surface area (Å²) in [4.78, 5) is 12.1. The molecule has 0 saturated heterocycles. The van der Waals surface area contributed by atoms with Crippen molar-refractivity contribution in [3.63, 3.8) is 0 Å². The molecule has 0 aliphatic carbocycles. The second-order valence-electron chi connectivity index (χ2n) is 4.82. The van der Waals surface area contributed by atoms with Gasteiger partial charge in [0.05, 0.1) is 18.3 Å². The first-order chi connectivity index (χ1) is 11.6. The molecule has 0 saturated carbocycles. The number of nitrogens with one attached hydrogen (secondary N) is 1. The number of rotatable bonds is 4. The fraction of sp³-hybridized carbons (Fsp3) is 0.125. The van der Waals surface area contributed by atoms with Gasteiger partial charge in [-0.3, -0.25) is 4.79 Å².